The van der Waals surface area contributed by atoms with Crippen molar-refractivity contribution in [3.05, 3.63) is 90.7 Å². The first-order valence-electron chi connectivity index (χ1n) is 12.6. The van der Waals surface area contributed by atoms with Gasteiger partial charge in [0, 0.05) is 30.0 Å². The second-order valence-corrected chi connectivity index (χ2v) is 12.1. The normalized spacial score (nSPS) is 26.8. The summed E-state index contributed by atoms with van der Waals surface area (Å²) in [4.78, 5) is 50.6. The molecule has 0 radical (unpaired) electrons. The molecule has 4 atom stereocenters. The fraction of sp³-hybridized carbons (Fsp3) is 0.286. The van der Waals surface area contributed by atoms with Gasteiger partial charge in [-0.15, -0.1) is 23.2 Å². The Balaban J connectivity index is 1.68. The summed E-state index contributed by atoms with van der Waals surface area (Å²) in [5.41, 5.74) is -0.649. The number of hydrogen-bond donors (Lipinski definition) is 1. The number of carbonyl (C=O) groups is 2. The summed E-state index contributed by atoms with van der Waals surface area (Å²) in [6.45, 7) is -0.0931. The van der Waals surface area contributed by atoms with Gasteiger partial charge in [0.2, 0.25) is 0 Å². The van der Waals surface area contributed by atoms with Crippen molar-refractivity contribution in [3.8, 4) is 22.9 Å². The van der Waals surface area contributed by atoms with E-state index < -0.39 is 61.1 Å². The van der Waals surface area contributed by atoms with E-state index in [4.69, 9.17) is 55.9 Å². The van der Waals surface area contributed by atoms with Crippen molar-refractivity contribution in [2.24, 2.45) is 0 Å². The molecular weight excluding hydrogens is 632 g/mol. The zero-order valence-electron chi connectivity index (χ0n) is 21.9. The van der Waals surface area contributed by atoms with E-state index in [9.17, 15) is 24.3 Å². The van der Waals surface area contributed by atoms with Gasteiger partial charge in [-0.1, -0.05) is 47.5 Å². The molecular formula is C28H21Cl4N3O7. The lowest BCUT2D eigenvalue weighted by molar-refractivity contribution is -0.128. The third-order valence-corrected chi connectivity index (χ3v) is 10.4. The highest BCUT2D eigenvalue weighted by molar-refractivity contribution is 6.66. The fourth-order valence-electron chi connectivity index (χ4n) is 6.25. The topological polar surface area (TPSA) is 122 Å². The lowest BCUT2D eigenvalue weighted by atomic mass is 9.59. The first-order valence-corrected chi connectivity index (χ1v) is 14.1. The van der Waals surface area contributed by atoms with Crippen LogP contribution in [0.3, 0.4) is 0 Å². The van der Waals surface area contributed by atoms with Gasteiger partial charge in [-0.05, 0) is 17.7 Å². The van der Waals surface area contributed by atoms with E-state index >= 15 is 0 Å². The molecule has 1 saturated carbocycles. The maximum absolute atomic E-state index is 13.9. The van der Waals surface area contributed by atoms with Crippen LogP contribution >= 0.6 is 46.4 Å². The second kappa shape index (κ2) is 9.80. The zero-order valence-corrected chi connectivity index (χ0v) is 25.0. The number of Topliss-reactive ketones (excluding diaryl/α,β-unsaturated/α-hetero) is 2. The van der Waals surface area contributed by atoms with Crippen LogP contribution < -0.4 is 20.9 Å². The molecule has 0 unspecified atom stereocenters. The number of rotatable bonds is 4. The monoisotopic (exact) mass is 651 g/mol. The minimum atomic E-state index is -2.32. The van der Waals surface area contributed by atoms with Gasteiger partial charge in [-0.3, -0.25) is 9.59 Å². The standard InChI is InChI=1S/C28H21Cl4N3O7/c1-41-14-10-17(36)19(18(11-14)42-2)20-15-8-9-33-25(39)34(13-6-4-3-5-7-13)26(40)35(33)16(15)12-27(31)23(37)21(29)22(30)24(38)28(20,27)32/h3-8,10-11,16,20,36H,9,12H2,1-2H3/t16-,20-,27-,28+/m1/s1. The van der Waals surface area contributed by atoms with E-state index in [1.165, 1.54) is 35.7 Å². The van der Waals surface area contributed by atoms with Gasteiger partial charge in [-0.25, -0.2) is 23.5 Å². The molecule has 0 spiro atoms. The third kappa shape index (κ3) is 3.58. The molecule has 10 nitrogen and oxygen atoms in total. The number of fused-ring (bicyclic) bond motifs is 4. The van der Waals surface area contributed by atoms with Gasteiger partial charge in [0.05, 0.1) is 32.5 Å². The summed E-state index contributed by atoms with van der Waals surface area (Å²) < 4.78 is 14.2. The second-order valence-electron chi connectivity index (χ2n) is 10.1. The summed E-state index contributed by atoms with van der Waals surface area (Å²) in [7, 11) is 2.72. The average molecular weight is 653 g/mol. The van der Waals surface area contributed by atoms with Crippen LogP contribution in [0.25, 0.3) is 5.69 Å². The van der Waals surface area contributed by atoms with Gasteiger partial charge in [0.25, 0.3) is 0 Å². The number of nitrogens with zero attached hydrogens (tertiary/aromatic N) is 3. The molecule has 1 fully saturated rings. The first-order chi connectivity index (χ1) is 19.9. The van der Waals surface area contributed by atoms with Gasteiger partial charge in [0.15, 0.2) is 11.6 Å². The number of carbonyl (C=O) groups excluding carboxylic acids is 2. The molecule has 1 aromatic heterocycles. The van der Waals surface area contributed by atoms with Crippen molar-refractivity contribution in [1.29, 1.82) is 0 Å². The van der Waals surface area contributed by atoms with E-state index in [1.54, 1.807) is 36.4 Å². The van der Waals surface area contributed by atoms with Gasteiger partial charge >= 0.3 is 11.4 Å². The highest BCUT2D eigenvalue weighted by Gasteiger charge is 2.72. The number of phenolic OH excluding ortho intramolecular Hbond substituents is 1. The quantitative estimate of drug-likeness (QED) is 0.334. The Morgan fingerprint density at radius 1 is 0.929 bits per heavy atom. The summed E-state index contributed by atoms with van der Waals surface area (Å²) in [6, 6.07) is 10.0. The molecule has 0 amide bonds. The molecule has 1 aliphatic heterocycles. The number of methoxy groups -OCH3 is 2. The molecule has 42 heavy (non-hydrogen) atoms. The summed E-state index contributed by atoms with van der Waals surface area (Å²) >= 11 is 26.8. The Kier molecular flexibility index (Phi) is 6.69. The van der Waals surface area contributed by atoms with Gasteiger partial charge in [-0.2, -0.15) is 0 Å². The number of allylic oxidation sites excluding steroid dienone is 4. The highest BCUT2D eigenvalue weighted by Crippen LogP contribution is 2.65. The van der Waals surface area contributed by atoms with Crippen LogP contribution in [0.5, 0.6) is 17.2 Å². The SMILES string of the molecule is COc1cc(O)c([C@H]2C3=CCn4c(=O)n(-c5ccccc5)c(=O)n4[C@@H]3C[C@@]3(Cl)C(=O)C(Cl)=C(Cl)C(=O)[C@@]23Cl)c(OC)c1. The number of aromatic hydroxyl groups is 1. The molecule has 0 saturated heterocycles. The van der Waals surface area contributed by atoms with Crippen LogP contribution in [0, 0.1) is 0 Å². The van der Waals surface area contributed by atoms with Crippen molar-refractivity contribution >= 4 is 58.0 Å². The molecule has 3 aromatic rings. The number of benzene rings is 2. The van der Waals surface area contributed by atoms with E-state index in [0.29, 0.717) is 11.3 Å². The van der Waals surface area contributed by atoms with Gasteiger partial charge in [0.1, 0.15) is 37.1 Å². The Bertz CT molecular complexity index is 1880. The van der Waals surface area contributed by atoms with Crippen LogP contribution in [0.4, 0.5) is 0 Å². The number of hydrogen-bond acceptors (Lipinski definition) is 7. The van der Waals surface area contributed by atoms with Crippen molar-refractivity contribution < 1.29 is 24.2 Å². The van der Waals surface area contributed by atoms with E-state index in [0.717, 1.165) is 4.57 Å². The number of aromatic nitrogens is 3. The summed E-state index contributed by atoms with van der Waals surface area (Å²) in [6.07, 6.45) is 1.23. The summed E-state index contributed by atoms with van der Waals surface area (Å²) in [5, 5.41) is 10.1. The van der Waals surface area contributed by atoms with E-state index in [2.05, 4.69) is 0 Å². The average Bonchev–Trinajstić information content (AvgIpc) is 3.25. The number of phenols is 1. The van der Waals surface area contributed by atoms with Crippen molar-refractivity contribution in [3.63, 3.8) is 0 Å². The Hall–Kier alpha value is -3.44. The third-order valence-electron chi connectivity index (χ3n) is 8.16. The Morgan fingerprint density at radius 2 is 1.60 bits per heavy atom. The minimum Gasteiger partial charge on any atom is -0.507 e. The maximum atomic E-state index is 13.9. The molecule has 2 aromatic carbocycles. The number of para-hydroxylation sites is 1. The Labute approximate surface area is 257 Å². The maximum Gasteiger partial charge on any atom is 0.352 e. The largest absolute Gasteiger partial charge is 0.507 e. The first kappa shape index (κ1) is 28.7. The zero-order chi connectivity index (χ0) is 30.3. The highest BCUT2D eigenvalue weighted by atomic mass is 35.5. The molecule has 3 aliphatic rings. The number of halogens is 4. The molecule has 218 valence electrons. The molecule has 1 N–H and O–H groups in total. The predicted octanol–water partition coefficient (Wildman–Crippen LogP) is 3.99. The molecule has 14 heteroatoms. The van der Waals surface area contributed by atoms with Crippen LogP contribution in [-0.2, 0) is 16.1 Å². The van der Waals surface area contributed by atoms with Crippen molar-refractivity contribution in [2.75, 3.05) is 14.2 Å². The van der Waals surface area contributed by atoms with Crippen LogP contribution in [0.15, 0.2) is 73.8 Å². The lowest BCUT2D eigenvalue weighted by Gasteiger charge is -2.54. The summed E-state index contributed by atoms with van der Waals surface area (Å²) in [5.74, 6) is -3.34. The Morgan fingerprint density at radius 3 is 2.24 bits per heavy atom. The van der Waals surface area contributed by atoms with Gasteiger partial charge < -0.3 is 14.6 Å². The molecule has 6 rings (SSSR count). The molecule has 2 aliphatic carbocycles. The van der Waals surface area contributed by atoms with Crippen LogP contribution in [0.2, 0.25) is 0 Å². The smallest absolute Gasteiger partial charge is 0.352 e. The number of alkyl halides is 2. The van der Waals surface area contributed by atoms with Crippen molar-refractivity contribution in [2.45, 2.75) is 34.7 Å². The van der Waals surface area contributed by atoms with Crippen molar-refractivity contribution in [1.82, 2.24) is 13.9 Å². The number of ketones is 2. The predicted molar refractivity (Wildman–Crippen MR) is 156 cm³/mol. The minimum absolute atomic E-state index is 0.00394. The molecule has 2 heterocycles. The lowest BCUT2D eigenvalue weighted by Crippen LogP contribution is -2.67. The number of ether oxygens (including phenoxy) is 2. The van der Waals surface area contributed by atoms with Crippen LogP contribution in [-0.4, -0.2) is 54.6 Å². The van der Waals surface area contributed by atoms with E-state index in [-0.39, 0.29) is 29.4 Å². The fourth-order valence-corrected chi connectivity index (χ4v) is 7.76. The van der Waals surface area contributed by atoms with Crippen LogP contribution in [0.1, 0.15) is 23.9 Å². The van der Waals surface area contributed by atoms with E-state index in [1.807, 2.05) is 0 Å². The molecule has 0 bridgehead atoms.